The first-order valence-corrected chi connectivity index (χ1v) is 5.15. The molecule has 0 N–H and O–H groups in total. The highest BCUT2D eigenvalue weighted by molar-refractivity contribution is 6.30. The minimum Gasteiger partial charge on any atom is -0.496 e. The van der Waals surface area contributed by atoms with Crippen LogP contribution in [0, 0.1) is 0 Å². The molecule has 76 valence electrons. The van der Waals surface area contributed by atoms with Crippen molar-refractivity contribution in [2.45, 2.75) is 19.8 Å². The molecule has 0 amide bonds. The van der Waals surface area contributed by atoms with Gasteiger partial charge >= 0.3 is 0 Å². The van der Waals surface area contributed by atoms with Gasteiger partial charge in [0, 0.05) is 10.6 Å². The molecule has 0 radical (unpaired) electrons. The third kappa shape index (κ3) is 3.08. The summed E-state index contributed by atoms with van der Waals surface area (Å²) in [5, 5.41) is 0.750. The fourth-order valence-electron chi connectivity index (χ4n) is 1.21. The lowest BCUT2D eigenvalue weighted by Gasteiger charge is -2.06. The molecule has 0 atom stereocenters. The number of rotatable bonds is 4. The van der Waals surface area contributed by atoms with Gasteiger partial charge in [-0.1, -0.05) is 24.9 Å². The van der Waals surface area contributed by atoms with E-state index in [2.05, 4.69) is 13.0 Å². The maximum absolute atomic E-state index is 5.80. The molecule has 0 saturated heterocycles. The van der Waals surface area contributed by atoms with Crippen molar-refractivity contribution in [1.82, 2.24) is 0 Å². The van der Waals surface area contributed by atoms with E-state index < -0.39 is 0 Å². The summed E-state index contributed by atoms with van der Waals surface area (Å²) in [6, 6.07) is 7.67. The van der Waals surface area contributed by atoms with Crippen LogP contribution in [0.5, 0.6) is 0 Å². The summed E-state index contributed by atoms with van der Waals surface area (Å²) in [6.07, 6.45) is 4.26. The van der Waals surface area contributed by atoms with Crippen LogP contribution in [0.1, 0.15) is 25.3 Å². The number of hydrogen-bond acceptors (Lipinski definition) is 1. The first-order valence-electron chi connectivity index (χ1n) is 4.78. The summed E-state index contributed by atoms with van der Waals surface area (Å²) in [5.74, 6) is 0.920. The molecule has 1 aromatic rings. The van der Waals surface area contributed by atoms with E-state index >= 15 is 0 Å². The molecule has 1 aromatic carbocycles. The van der Waals surface area contributed by atoms with Gasteiger partial charge in [-0.25, -0.2) is 0 Å². The molecule has 2 heteroatoms. The van der Waals surface area contributed by atoms with Crippen LogP contribution in [0.4, 0.5) is 0 Å². The summed E-state index contributed by atoms with van der Waals surface area (Å²) in [6.45, 7) is 2.14. The van der Waals surface area contributed by atoms with E-state index in [4.69, 9.17) is 16.3 Å². The van der Waals surface area contributed by atoms with Gasteiger partial charge in [0.1, 0.15) is 5.76 Å². The maximum atomic E-state index is 5.80. The first-order chi connectivity index (χ1) is 6.77. The summed E-state index contributed by atoms with van der Waals surface area (Å²) in [7, 11) is 1.69. The van der Waals surface area contributed by atoms with Crippen molar-refractivity contribution in [3.05, 3.63) is 40.9 Å². The lowest BCUT2D eigenvalue weighted by Crippen LogP contribution is -1.86. The SMILES string of the molecule is CCCC=C(OC)c1ccc(Cl)cc1. The third-order valence-electron chi connectivity index (χ3n) is 1.97. The molecule has 0 bridgehead atoms. The zero-order valence-electron chi connectivity index (χ0n) is 8.59. The highest BCUT2D eigenvalue weighted by Crippen LogP contribution is 2.18. The van der Waals surface area contributed by atoms with Crippen molar-refractivity contribution >= 4 is 17.4 Å². The maximum Gasteiger partial charge on any atom is 0.122 e. The summed E-state index contributed by atoms with van der Waals surface area (Å²) >= 11 is 5.80. The predicted octanol–water partition coefficient (Wildman–Crippen LogP) is 4.13. The Morgan fingerprint density at radius 3 is 2.50 bits per heavy atom. The monoisotopic (exact) mass is 210 g/mol. The molecule has 0 unspecified atom stereocenters. The largest absolute Gasteiger partial charge is 0.496 e. The lowest BCUT2D eigenvalue weighted by atomic mass is 10.1. The fraction of sp³-hybridized carbons (Fsp3) is 0.333. The van der Waals surface area contributed by atoms with Gasteiger partial charge in [0.05, 0.1) is 7.11 Å². The van der Waals surface area contributed by atoms with E-state index in [1.807, 2.05) is 24.3 Å². The van der Waals surface area contributed by atoms with E-state index in [1.54, 1.807) is 7.11 Å². The smallest absolute Gasteiger partial charge is 0.122 e. The quantitative estimate of drug-likeness (QED) is 0.680. The van der Waals surface area contributed by atoms with Gasteiger partial charge in [0.15, 0.2) is 0 Å². The van der Waals surface area contributed by atoms with Crippen LogP contribution in [0.25, 0.3) is 5.76 Å². The van der Waals surface area contributed by atoms with E-state index in [1.165, 1.54) is 0 Å². The molecule has 0 saturated carbocycles. The van der Waals surface area contributed by atoms with Crippen molar-refractivity contribution in [3.8, 4) is 0 Å². The van der Waals surface area contributed by atoms with Crippen LogP contribution in [0.15, 0.2) is 30.3 Å². The van der Waals surface area contributed by atoms with Crippen molar-refractivity contribution in [2.75, 3.05) is 7.11 Å². The number of benzene rings is 1. The molecule has 0 aromatic heterocycles. The zero-order valence-corrected chi connectivity index (χ0v) is 9.34. The second-order valence-electron chi connectivity index (χ2n) is 3.07. The van der Waals surface area contributed by atoms with Crippen LogP contribution in [-0.4, -0.2) is 7.11 Å². The first kappa shape index (κ1) is 11.1. The topological polar surface area (TPSA) is 9.23 Å². The van der Waals surface area contributed by atoms with Crippen LogP contribution < -0.4 is 0 Å². The second kappa shape index (κ2) is 5.71. The van der Waals surface area contributed by atoms with Gasteiger partial charge in [-0.2, -0.15) is 0 Å². The zero-order chi connectivity index (χ0) is 10.4. The van der Waals surface area contributed by atoms with Gasteiger partial charge in [0.2, 0.25) is 0 Å². The number of unbranched alkanes of at least 4 members (excludes halogenated alkanes) is 1. The van der Waals surface area contributed by atoms with Crippen molar-refractivity contribution < 1.29 is 4.74 Å². The average Bonchev–Trinajstić information content (AvgIpc) is 2.21. The summed E-state index contributed by atoms with van der Waals surface area (Å²) < 4.78 is 5.30. The van der Waals surface area contributed by atoms with Crippen LogP contribution in [0.3, 0.4) is 0 Å². The molecule has 0 fully saturated rings. The van der Waals surface area contributed by atoms with E-state index in [0.29, 0.717) is 0 Å². The van der Waals surface area contributed by atoms with Crippen molar-refractivity contribution in [3.63, 3.8) is 0 Å². The molecule has 0 heterocycles. The molecule has 1 rings (SSSR count). The second-order valence-corrected chi connectivity index (χ2v) is 3.50. The lowest BCUT2D eigenvalue weighted by molar-refractivity contribution is 0.368. The molecular formula is C12H15ClO. The number of halogens is 1. The predicted molar refractivity (Wildman–Crippen MR) is 61.3 cm³/mol. The molecule has 14 heavy (non-hydrogen) atoms. The summed E-state index contributed by atoms with van der Waals surface area (Å²) in [4.78, 5) is 0. The standard InChI is InChI=1S/C12H15ClO/c1-3-4-5-12(14-2)10-6-8-11(13)9-7-10/h5-9H,3-4H2,1-2H3. The Morgan fingerprint density at radius 2 is 2.00 bits per heavy atom. The molecule has 0 aliphatic heterocycles. The number of allylic oxidation sites excluding steroid dienone is 1. The van der Waals surface area contributed by atoms with Crippen molar-refractivity contribution in [2.24, 2.45) is 0 Å². The molecular weight excluding hydrogens is 196 g/mol. The minimum absolute atomic E-state index is 0.750. The van der Waals surface area contributed by atoms with Crippen LogP contribution in [-0.2, 0) is 4.74 Å². The Kier molecular flexibility index (Phi) is 4.54. The van der Waals surface area contributed by atoms with Gasteiger partial charge < -0.3 is 4.74 Å². The van der Waals surface area contributed by atoms with Crippen LogP contribution >= 0.6 is 11.6 Å². The fourth-order valence-corrected chi connectivity index (χ4v) is 1.33. The molecule has 1 nitrogen and oxygen atoms in total. The highest BCUT2D eigenvalue weighted by atomic mass is 35.5. The van der Waals surface area contributed by atoms with Gasteiger partial charge in [0.25, 0.3) is 0 Å². The average molecular weight is 211 g/mol. The Balaban J connectivity index is 2.84. The molecule has 0 aliphatic rings. The van der Waals surface area contributed by atoms with E-state index in [0.717, 1.165) is 29.2 Å². The third-order valence-corrected chi connectivity index (χ3v) is 2.22. The van der Waals surface area contributed by atoms with Gasteiger partial charge in [-0.3, -0.25) is 0 Å². The van der Waals surface area contributed by atoms with E-state index in [-0.39, 0.29) is 0 Å². The molecule has 0 spiro atoms. The van der Waals surface area contributed by atoms with E-state index in [9.17, 15) is 0 Å². The Hall–Kier alpha value is -0.950. The number of methoxy groups -OCH3 is 1. The minimum atomic E-state index is 0.750. The normalized spacial score (nSPS) is 11.5. The van der Waals surface area contributed by atoms with Gasteiger partial charge in [-0.15, -0.1) is 0 Å². The Labute approximate surface area is 90.3 Å². The van der Waals surface area contributed by atoms with Gasteiger partial charge in [-0.05, 0) is 36.8 Å². The molecule has 0 aliphatic carbocycles. The van der Waals surface area contributed by atoms with Crippen LogP contribution in [0.2, 0.25) is 5.02 Å². The Morgan fingerprint density at radius 1 is 1.36 bits per heavy atom. The van der Waals surface area contributed by atoms with Crippen molar-refractivity contribution in [1.29, 1.82) is 0 Å². The number of ether oxygens (including phenoxy) is 1. The highest BCUT2D eigenvalue weighted by Gasteiger charge is 1.99. The summed E-state index contributed by atoms with van der Waals surface area (Å²) in [5.41, 5.74) is 1.07. The Bertz CT molecular complexity index is 301. The number of hydrogen-bond donors (Lipinski definition) is 0.